The molecule has 0 unspecified atom stereocenters. The molecule has 102 valence electrons. The third kappa shape index (κ3) is 3.85. The number of rotatable bonds is 5. The van der Waals surface area contributed by atoms with Crippen molar-refractivity contribution >= 4 is 22.4 Å². The van der Waals surface area contributed by atoms with Crippen molar-refractivity contribution in [2.24, 2.45) is 13.0 Å². The lowest BCUT2D eigenvalue weighted by atomic mass is 10.1. The van der Waals surface area contributed by atoms with E-state index in [9.17, 15) is 4.79 Å². The van der Waals surface area contributed by atoms with Crippen molar-refractivity contribution in [3.05, 3.63) is 23.2 Å². The minimum absolute atomic E-state index is 0.124. The van der Waals surface area contributed by atoms with Gasteiger partial charge in [0.2, 0.25) is 11.0 Å². The first-order chi connectivity index (χ1) is 9.04. The quantitative estimate of drug-likeness (QED) is 0.903. The zero-order chi connectivity index (χ0) is 13.8. The Labute approximate surface area is 115 Å². The van der Waals surface area contributed by atoms with Gasteiger partial charge in [-0.15, -0.1) is 10.2 Å². The standard InChI is InChI=1S/C12H17N5OS/c1-8(2)6-11-15-16-12(19-11)14-10(18)7-9-13-4-5-17(9)3/h4-5,8H,6-7H2,1-3H3,(H,14,16,18). The van der Waals surface area contributed by atoms with Gasteiger partial charge in [-0.2, -0.15) is 0 Å². The Morgan fingerprint density at radius 1 is 1.47 bits per heavy atom. The van der Waals surface area contributed by atoms with Crippen molar-refractivity contribution in [2.75, 3.05) is 5.32 Å². The minimum atomic E-state index is -0.124. The van der Waals surface area contributed by atoms with Crippen LogP contribution < -0.4 is 5.32 Å². The van der Waals surface area contributed by atoms with Gasteiger partial charge in [0.05, 0.1) is 6.42 Å². The van der Waals surface area contributed by atoms with Gasteiger partial charge in [0.15, 0.2) is 0 Å². The van der Waals surface area contributed by atoms with Gasteiger partial charge in [-0.25, -0.2) is 4.98 Å². The topological polar surface area (TPSA) is 72.7 Å². The average Bonchev–Trinajstić information content (AvgIpc) is 2.89. The molecule has 1 amide bonds. The Hall–Kier alpha value is -1.76. The molecule has 7 heteroatoms. The number of carbonyl (C=O) groups is 1. The van der Waals surface area contributed by atoms with E-state index >= 15 is 0 Å². The number of carbonyl (C=O) groups excluding carboxylic acids is 1. The van der Waals surface area contributed by atoms with E-state index in [4.69, 9.17) is 0 Å². The van der Waals surface area contributed by atoms with Crippen LogP contribution in [0.1, 0.15) is 24.7 Å². The van der Waals surface area contributed by atoms with E-state index in [0.717, 1.165) is 17.3 Å². The predicted octanol–water partition coefficient (Wildman–Crippen LogP) is 1.65. The fourth-order valence-electron chi connectivity index (χ4n) is 1.61. The second-order valence-electron chi connectivity index (χ2n) is 4.78. The Bertz CT molecular complexity index is 560. The summed E-state index contributed by atoms with van der Waals surface area (Å²) in [5.41, 5.74) is 0. The average molecular weight is 279 g/mol. The number of imidazole rings is 1. The van der Waals surface area contributed by atoms with Gasteiger partial charge in [-0.1, -0.05) is 25.2 Å². The molecule has 0 spiro atoms. The maximum absolute atomic E-state index is 11.8. The van der Waals surface area contributed by atoms with Crippen LogP contribution in [0.15, 0.2) is 12.4 Å². The van der Waals surface area contributed by atoms with Crippen molar-refractivity contribution in [3.8, 4) is 0 Å². The van der Waals surface area contributed by atoms with Crippen molar-refractivity contribution in [1.82, 2.24) is 19.7 Å². The number of aromatic nitrogens is 4. The fourth-order valence-corrected chi connectivity index (χ4v) is 2.58. The molecule has 2 aromatic heterocycles. The van der Waals surface area contributed by atoms with Crippen LogP contribution >= 0.6 is 11.3 Å². The van der Waals surface area contributed by atoms with Crippen LogP contribution in [-0.2, 0) is 24.7 Å². The highest BCUT2D eigenvalue weighted by molar-refractivity contribution is 7.15. The zero-order valence-electron chi connectivity index (χ0n) is 11.3. The Morgan fingerprint density at radius 2 is 2.26 bits per heavy atom. The van der Waals surface area contributed by atoms with Gasteiger partial charge < -0.3 is 9.88 Å². The maximum atomic E-state index is 11.8. The molecule has 0 bridgehead atoms. The number of anilines is 1. The van der Waals surface area contributed by atoms with Crippen LogP contribution in [0.4, 0.5) is 5.13 Å². The van der Waals surface area contributed by atoms with Gasteiger partial charge in [-0.3, -0.25) is 4.79 Å². The van der Waals surface area contributed by atoms with Crippen LogP contribution in [0.3, 0.4) is 0 Å². The first-order valence-electron chi connectivity index (χ1n) is 6.13. The molecule has 0 aliphatic rings. The summed E-state index contributed by atoms with van der Waals surface area (Å²) in [5.74, 6) is 1.13. The highest BCUT2D eigenvalue weighted by Crippen LogP contribution is 2.18. The molecule has 2 heterocycles. The van der Waals surface area contributed by atoms with Crippen LogP contribution in [0.2, 0.25) is 0 Å². The lowest BCUT2D eigenvalue weighted by Crippen LogP contribution is -2.16. The fraction of sp³-hybridized carbons (Fsp3) is 0.500. The van der Waals surface area contributed by atoms with E-state index in [2.05, 4.69) is 34.3 Å². The molecule has 2 aromatic rings. The van der Waals surface area contributed by atoms with E-state index in [1.54, 1.807) is 6.20 Å². The Morgan fingerprint density at radius 3 is 2.89 bits per heavy atom. The Kier molecular flexibility index (Phi) is 4.26. The summed E-state index contributed by atoms with van der Waals surface area (Å²) in [6.45, 7) is 4.25. The number of hydrogen-bond acceptors (Lipinski definition) is 5. The van der Waals surface area contributed by atoms with Gasteiger partial charge in [0.1, 0.15) is 10.8 Å². The van der Waals surface area contributed by atoms with E-state index in [1.807, 2.05) is 17.8 Å². The molecule has 1 N–H and O–H groups in total. The van der Waals surface area contributed by atoms with Gasteiger partial charge in [-0.05, 0) is 5.92 Å². The first kappa shape index (κ1) is 13.7. The van der Waals surface area contributed by atoms with E-state index in [1.165, 1.54) is 11.3 Å². The molecule has 19 heavy (non-hydrogen) atoms. The van der Waals surface area contributed by atoms with Crippen molar-refractivity contribution < 1.29 is 4.79 Å². The molecule has 0 aliphatic carbocycles. The SMILES string of the molecule is CC(C)Cc1nnc(NC(=O)Cc2nccn2C)s1. The third-order valence-corrected chi connectivity index (χ3v) is 3.40. The van der Waals surface area contributed by atoms with E-state index in [-0.39, 0.29) is 12.3 Å². The normalized spacial score (nSPS) is 10.9. The molecule has 0 radical (unpaired) electrons. The second kappa shape index (κ2) is 5.92. The van der Waals surface area contributed by atoms with Crippen molar-refractivity contribution in [1.29, 1.82) is 0 Å². The van der Waals surface area contributed by atoms with Crippen LogP contribution in [-0.4, -0.2) is 25.7 Å². The minimum Gasteiger partial charge on any atom is -0.338 e. The second-order valence-corrected chi connectivity index (χ2v) is 5.84. The number of hydrogen-bond donors (Lipinski definition) is 1. The highest BCUT2D eigenvalue weighted by Gasteiger charge is 2.11. The molecule has 0 saturated heterocycles. The maximum Gasteiger partial charge on any atom is 0.233 e. The molecular weight excluding hydrogens is 262 g/mol. The summed E-state index contributed by atoms with van der Waals surface area (Å²) in [6, 6.07) is 0. The van der Waals surface area contributed by atoms with Crippen LogP contribution in [0.25, 0.3) is 0 Å². The number of nitrogens with one attached hydrogen (secondary N) is 1. The predicted molar refractivity (Wildman–Crippen MR) is 74.0 cm³/mol. The number of aryl methyl sites for hydroxylation is 1. The third-order valence-electron chi connectivity index (χ3n) is 2.54. The molecule has 0 aliphatic heterocycles. The van der Waals surface area contributed by atoms with E-state index in [0.29, 0.717) is 11.0 Å². The lowest BCUT2D eigenvalue weighted by molar-refractivity contribution is -0.115. The molecule has 0 atom stereocenters. The van der Waals surface area contributed by atoms with Gasteiger partial charge in [0, 0.05) is 25.9 Å². The van der Waals surface area contributed by atoms with Crippen molar-refractivity contribution in [3.63, 3.8) is 0 Å². The summed E-state index contributed by atoms with van der Waals surface area (Å²) < 4.78 is 1.82. The summed E-state index contributed by atoms with van der Waals surface area (Å²) >= 11 is 1.42. The first-order valence-corrected chi connectivity index (χ1v) is 6.94. The molecule has 6 nitrogen and oxygen atoms in total. The van der Waals surface area contributed by atoms with Crippen LogP contribution in [0, 0.1) is 5.92 Å². The van der Waals surface area contributed by atoms with E-state index < -0.39 is 0 Å². The summed E-state index contributed by atoms with van der Waals surface area (Å²) in [4.78, 5) is 15.9. The number of nitrogens with zero attached hydrogens (tertiary/aromatic N) is 4. The van der Waals surface area contributed by atoms with Gasteiger partial charge in [0.25, 0.3) is 0 Å². The van der Waals surface area contributed by atoms with Gasteiger partial charge >= 0.3 is 0 Å². The molecule has 2 rings (SSSR count). The lowest BCUT2D eigenvalue weighted by Gasteiger charge is -2.01. The largest absolute Gasteiger partial charge is 0.338 e. The van der Waals surface area contributed by atoms with Crippen molar-refractivity contribution in [2.45, 2.75) is 26.7 Å². The molecule has 0 saturated carbocycles. The summed E-state index contributed by atoms with van der Waals surface area (Å²) in [6.07, 6.45) is 4.61. The monoisotopic (exact) mass is 279 g/mol. The van der Waals surface area contributed by atoms with Crippen LogP contribution in [0.5, 0.6) is 0 Å². The molecule has 0 fully saturated rings. The Balaban J connectivity index is 1.92. The smallest absolute Gasteiger partial charge is 0.233 e. The summed E-state index contributed by atoms with van der Waals surface area (Å²) in [7, 11) is 1.86. The zero-order valence-corrected chi connectivity index (χ0v) is 12.1. The summed E-state index contributed by atoms with van der Waals surface area (Å²) in [5, 5.41) is 12.3. The highest BCUT2D eigenvalue weighted by atomic mass is 32.1. The molecule has 0 aromatic carbocycles. The molecular formula is C12H17N5OS. The number of amides is 1.